The van der Waals surface area contributed by atoms with Gasteiger partial charge in [-0.25, -0.2) is 13.2 Å². The van der Waals surface area contributed by atoms with Crippen LogP contribution in [0.3, 0.4) is 0 Å². The lowest BCUT2D eigenvalue weighted by Crippen LogP contribution is -2.49. The van der Waals surface area contributed by atoms with E-state index < -0.39 is 39.4 Å². The third kappa shape index (κ3) is 11.2. The van der Waals surface area contributed by atoms with Crippen LogP contribution in [0.15, 0.2) is 83.8 Å². The maximum absolute atomic E-state index is 13.2. The second-order valence-corrected chi connectivity index (χ2v) is 14.4. The number of primary amides is 1. The molecule has 262 valence electrons. The van der Waals surface area contributed by atoms with Crippen molar-refractivity contribution in [3.05, 3.63) is 84.4 Å². The van der Waals surface area contributed by atoms with Crippen molar-refractivity contribution in [3.8, 4) is 11.5 Å². The Morgan fingerprint density at radius 3 is 2.18 bits per heavy atom. The van der Waals surface area contributed by atoms with Crippen molar-refractivity contribution in [3.63, 3.8) is 0 Å². The number of rotatable bonds is 13. The van der Waals surface area contributed by atoms with Crippen molar-refractivity contribution in [1.82, 2.24) is 15.5 Å². The van der Waals surface area contributed by atoms with Gasteiger partial charge >= 0.3 is 6.09 Å². The molecular formula is C35H43N5O8S. The number of piperidine rings is 1. The van der Waals surface area contributed by atoms with Crippen LogP contribution in [0.25, 0.3) is 0 Å². The molecule has 0 aromatic heterocycles. The molecule has 13 nitrogen and oxygen atoms in total. The van der Waals surface area contributed by atoms with E-state index in [2.05, 4.69) is 15.4 Å². The summed E-state index contributed by atoms with van der Waals surface area (Å²) in [6, 6.07) is 19.7. The van der Waals surface area contributed by atoms with Gasteiger partial charge in [-0.1, -0.05) is 30.3 Å². The van der Waals surface area contributed by atoms with E-state index in [-0.39, 0.29) is 41.0 Å². The highest BCUT2D eigenvalue weighted by molar-refractivity contribution is 7.92. The SMILES string of the molecule is CC(C)(C)OC(=O)N1CCC(CNC(=O)[C@H](CCC(N)=O)NC(=O)c2ccc(S(=O)(=O)Nc3ccccc3Oc3ccccc3)cc2)CC1. The number of nitrogens with zero attached hydrogens (tertiary/aromatic N) is 1. The van der Waals surface area contributed by atoms with Crippen LogP contribution in [0.4, 0.5) is 10.5 Å². The number of ether oxygens (including phenoxy) is 2. The average molecular weight is 694 g/mol. The fourth-order valence-electron chi connectivity index (χ4n) is 5.06. The summed E-state index contributed by atoms with van der Waals surface area (Å²) in [6.45, 7) is 6.73. The minimum absolute atomic E-state index is 0.0230. The second-order valence-electron chi connectivity index (χ2n) is 12.7. The van der Waals surface area contributed by atoms with Crippen LogP contribution in [0.5, 0.6) is 11.5 Å². The lowest BCUT2D eigenvalue weighted by atomic mass is 9.97. The highest BCUT2D eigenvalue weighted by Gasteiger charge is 2.28. The maximum Gasteiger partial charge on any atom is 0.410 e. The number of amides is 4. The Morgan fingerprint density at radius 1 is 0.918 bits per heavy atom. The standard InChI is InChI=1S/C35H43N5O8S/c1-35(2,3)48-34(44)40-21-19-24(20-22-40)23-37-33(43)29(17-18-31(36)41)38-32(42)25-13-15-27(16-14-25)49(45,46)39-28-11-7-8-12-30(28)47-26-9-5-4-6-10-26/h4-16,24,29,39H,17-23H2,1-3H3,(H2,36,41)(H,37,43)(H,38,42)/t29-/m0/s1. The lowest BCUT2D eigenvalue weighted by molar-refractivity contribution is -0.123. The van der Waals surface area contributed by atoms with Crippen LogP contribution in [0.2, 0.25) is 0 Å². The zero-order valence-electron chi connectivity index (χ0n) is 27.8. The molecule has 3 aromatic rings. The number of anilines is 1. The normalized spacial score (nSPS) is 14.3. The van der Waals surface area contributed by atoms with Crippen molar-refractivity contribution < 1.29 is 37.1 Å². The summed E-state index contributed by atoms with van der Waals surface area (Å²) in [5, 5.41) is 5.49. The molecule has 14 heteroatoms. The molecule has 0 saturated carbocycles. The van der Waals surface area contributed by atoms with Crippen molar-refractivity contribution in [2.24, 2.45) is 11.7 Å². The Balaban J connectivity index is 1.35. The number of benzene rings is 3. The van der Waals surface area contributed by atoms with E-state index >= 15 is 0 Å². The number of para-hydroxylation sites is 3. The van der Waals surface area contributed by atoms with Gasteiger partial charge in [0.25, 0.3) is 15.9 Å². The first kappa shape index (κ1) is 36.7. The molecule has 3 aromatic carbocycles. The number of carbonyl (C=O) groups is 4. The third-order valence-electron chi connectivity index (χ3n) is 7.66. The Hall–Kier alpha value is -5.11. The molecule has 4 amide bonds. The van der Waals surface area contributed by atoms with E-state index in [4.69, 9.17) is 15.2 Å². The topological polar surface area (TPSA) is 186 Å². The summed E-state index contributed by atoms with van der Waals surface area (Å²) in [6.07, 6.45) is 0.793. The quantitative estimate of drug-likeness (QED) is 0.203. The maximum atomic E-state index is 13.2. The van der Waals surface area contributed by atoms with E-state index in [9.17, 15) is 27.6 Å². The Labute approximate surface area is 286 Å². The summed E-state index contributed by atoms with van der Waals surface area (Å²) < 4.78 is 40.3. The van der Waals surface area contributed by atoms with Crippen LogP contribution < -0.4 is 25.8 Å². The summed E-state index contributed by atoms with van der Waals surface area (Å²) in [4.78, 5) is 51.7. The molecule has 1 saturated heterocycles. The lowest BCUT2D eigenvalue weighted by Gasteiger charge is -2.33. The molecule has 0 spiro atoms. The molecule has 0 bridgehead atoms. The highest BCUT2D eigenvalue weighted by Crippen LogP contribution is 2.31. The fraction of sp³-hybridized carbons (Fsp3) is 0.371. The van der Waals surface area contributed by atoms with Gasteiger partial charge in [-0.2, -0.15) is 0 Å². The number of likely N-dealkylation sites (tertiary alicyclic amines) is 1. The number of nitrogens with two attached hydrogens (primary N) is 1. The van der Waals surface area contributed by atoms with Gasteiger partial charge in [0, 0.05) is 31.6 Å². The molecule has 0 unspecified atom stereocenters. The van der Waals surface area contributed by atoms with Gasteiger partial charge in [0.1, 0.15) is 17.4 Å². The number of carbonyl (C=O) groups excluding carboxylic acids is 4. The number of sulfonamides is 1. The Kier molecular flexibility index (Phi) is 12.2. The fourth-order valence-corrected chi connectivity index (χ4v) is 6.13. The minimum atomic E-state index is -4.07. The zero-order valence-corrected chi connectivity index (χ0v) is 28.6. The van der Waals surface area contributed by atoms with Crippen LogP contribution in [0, 0.1) is 5.92 Å². The van der Waals surface area contributed by atoms with Crippen molar-refractivity contribution in [2.45, 2.75) is 63.0 Å². The molecular weight excluding hydrogens is 650 g/mol. The largest absolute Gasteiger partial charge is 0.455 e. The van der Waals surface area contributed by atoms with Crippen LogP contribution in [-0.4, -0.2) is 68.4 Å². The molecule has 0 aliphatic carbocycles. The monoisotopic (exact) mass is 693 g/mol. The number of nitrogens with one attached hydrogen (secondary N) is 3. The first-order chi connectivity index (χ1) is 23.2. The van der Waals surface area contributed by atoms with E-state index in [0.717, 1.165) is 0 Å². The van der Waals surface area contributed by atoms with Crippen LogP contribution in [0.1, 0.15) is 56.8 Å². The van der Waals surface area contributed by atoms with Crippen LogP contribution >= 0.6 is 0 Å². The Morgan fingerprint density at radius 2 is 1.55 bits per heavy atom. The minimum Gasteiger partial charge on any atom is -0.455 e. The van der Waals surface area contributed by atoms with Gasteiger partial charge < -0.3 is 30.7 Å². The molecule has 1 fully saturated rings. The second kappa shape index (κ2) is 16.3. The first-order valence-electron chi connectivity index (χ1n) is 16.0. The van der Waals surface area contributed by atoms with Crippen molar-refractivity contribution >= 4 is 39.5 Å². The van der Waals surface area contributed by atoms with E-state index in [0.29, 0.717) is 44.0 Å². The zero-order chi connectivity index (χ0) is 35.6. The van der Waals surface area contributed by atoms with E-state index in [1.54, 1.807) is 53.4 Å². The molecule has 4 rings (SSSR count). The van der Waals surface area contributed by atoms with E-state index in [1.807, 2.05) is 26.8 Å². The Bertz CT molecular complexity index is 1720. The van der Waals surface area contributed by atoms with Gasteiger partial charge in [0.15, 0.2) is 5.75 Å². The van der Waals surface area contributed by atoms with Crippen molar-refractivity contribution in [1.29, 1.82) is 0 Å². The summed E-state index contributed by atoms with van der Waals surface area (Å²) in [5.41, 5.74) is 5.06. The van der Waals surface area contributed by atoms with Gasteiger partial charge in [-0.15, -0.1) is 0 Å². The van der Waals surface area contributed by atoms with Gasteiger partial charge in [-0.3, -0.25) is 19.1 Å². The van der Waals surface area contributed by atoms with Crippen LogP contribution in [-0.2, 0) is 24.3 Å². The highest BCUT2D eigenvalue weighted by atomic mass is 32.2. The molecule has 1 atom stereocenters. The third-order valence-corrected chi connectivity index (χ3v) is 9.04. The van der Waals surface area contributed by atoms with Gasteiger partial charge in [0.2, 0.25) is 11.8 Å². The predicted octanol–water partition coefficient (Wildman–Crippen LogP) is 4.41. The molecule has 49 heavy (non-hydrogen) atoms. The van der Waals surface area contributed by atoms with Gasteiger partial charge in [0.05, 0.1) is 10.6 Å². The molecule has 1 aliphatic rings. The average Bonchev–Trinajstić information content (AvgIpc) is 3.06. The van der Waals surface area contributed by atoms with Crippen molar-refractivity contribution in [2.75, 3.05) is 24.4 Å². The molecule has 1 aliphatic heterocycles. The van der Waals surface area contributed by atoms with E-state index in [1.165, 1.54) is 24.3 Å². The first-order valence-corrected chi connectivity index (χ1v) is 17.5. The smallest absolute Gasteiger partial charge is 0.410 e. The molecule has 1 heterocycles. The predicted molar refractivity (Wildman–Crippen MR) is 183 cm³/mol. The molecule has 5 N–H and O–H groups in total. The summed E-state index contributed by atoms with van der Waals surface area (Å²) in [5.74, 6) is -0.792. The number of hydrogen-bond acceptors (Lipinski definition) is 8. The summed E-state index contributed by atoms with van der Waals surface area (Å²) >= 11 is 0. The molecule has 0 radical (unpaired) electrons. The number of hydrogen-bond donors (Lipinski definition) is 4. The summed E-state index contributed by atoms with van der Waals surface area (Å²) in [7, 11) is -4.07. The van der Waals surface area contributed by atoms with Gasteiger partial charge in [-0.05, 0) is 94.5 Å².